The Kier molecular flexibility index (Phi) is 6.55. The molecular formula is C23H26ClFN4O2. The zero-order valence-electron chi connectivity index (χ0n) is 17.5. The van der Waals surface area contributed by atoms with Gasteiger partial charge in [0.2, 0.25) is 5.91 Å². The van der Waals surface area contributed by atoms with Crippen LogP contribution in [0.1, 0.15) is 17.5 Å². The summed E-state index contributed by atoms with van der Waals surface area (Å²) in [5.74, 6) is 0.193. The number of nitrogens with zero attached hydrogens (tertiary/aromatic N) is 2. The molecule has 1 saturated heterocycles. The van der Waals surface area contributed by atoms with Crippen molar-refractivity contribution < 1.29 is 13.9 Å². The van der Waals surface area contributed by atoms with E-state index in [-0.39, 0.29) is 22.9 Å². The fraction of sp³-hybridized carbons (Fsp3) is 0.391. The number of para-hydroxylation sites is 1. The summed E-state index contributed by atoms with van der Waals surface area (Å²) in [4.78, 5) is 19.5. The molecule has 1 fully saturated rings. The number of carbonyl (C=O) groups excluding carboxylic acids is 1. The first-order chi connectivity index (χ1) is 15.0. The number of amidine groups is 1. The third kappa shape index (κ3) is 4.59. The lowest BCUT2D eigenvalue weighted by Gasteiger charge is -2.30. The minimum Gasteiger partial charge on any atom is -0.383 e. The van der Waals surface area contributed by atoms with Crippen molar-refractivity contribution >= 4 is 29.0 Å². The Balaban J connectivity index is 1.56. The van der Waals surface area contributed by atoms with Gasteiger partial charge in [-0.25, -0.2) is 4.39 Å². The number of amides is 1. The molecule has 2 aliphatic rings. The molecule has 8 heteroatoms. The van der Waals surface area contributed by atoms with Crippen molar-refractivity contribution in [3.8, 4) is 0 Å². The predicted octanol–water partition coefficient (Wildman–Crippen LogP) is 3.25. The molecule has 1 unspecified atom stereocenters. The van der Waals surface area contributed by atoms with E-state index in [4.69, 9.17) is 21.3 Å². The van der Waals surface area contributed by atoms with Crippen molar-refractivity contribution in [1.29, 1.82) is 0 Å². The van der Waals surface area contributed by atoms with Crippen molar-refractivity contribution in [2.45, 2.75) is 24.9 Å². The second kappa shape index (κ2) is 9.34. The van der Waals surface area contributed by atoms with Gasteiger partial charge in [0.1, 0.15) is 11.7 Å². The third-order valence-corrected chi connectivity index (χ3v) is 6.27. The topological polar surface area (TPSA) is 66.0 Å². The van der Waals surface area contributed by atoms with Crippen LogP contribution in [0.2, 0.25) is 5.02 Å². The average Bonchev–Trinajstić information content (AvgIpc) is 3.14. The van der Waals surface area contributed by atoms with Gasteiger partial charge in [0.15, 0.2) is 0 Å². The summed E-state index contributed by atoms with van der Waals surface area (Å²) in [5, 5.41) is 7.40. The Labute approximate surface area is 186 Å². The van der Waals surface area contributed by atoms with E-state index in [9.17, 15) is 9.18 Å². The zero-order chi connectivity index (χ0) is 21.8. The van der Waals surface area contributed by atoms with Crippen LogP contribution in [0.25, 0.3) is 0 Å². The lowest BCUT2D eigenvalue weighted by atomic mass is 9.96. The lowest BCUT2D eigenvalue weighted by Crippen LogP contribution is -2.55. The molecule has 6 nitrogen and oxygen atoms in total. The van der Waals surface area contributed by atoms with Crippen LogP contribution >= 0.6 is 11.6 Å². The number of fused-ring (bicyclic) bond motifs is 1. The van der Waals surface area contributed by atoms with Gasteiger partial charge < -0.3 is 15.0 Å². The van der Waals surface area contributed by atoms with E-state index in [0.717, 1.165) is 17.1 Å². The Morgan fingerprint density at radius 2 is 2.13 bits per heavy atom. The summed E-state index contributed by atoms with van der Waals surface area (Å²) in [6.07, 6.45) is 0.641. The lowest BCUT2D eigenvalue weighted by molar-refractivity contribution is -0.129. The maximum Gasteiger partial charge on any atom is 0.227 e. The fourth-order valence-electron chi connectivity index (χ4n) is 4.16. The predicted molar refractivity (Wildman–Crippen MR) is 120 cm³/mol. The van der Waals surface area contributed by atoms with Gasteiger partial charge >= 0.3 is 0 Å². The Hall–Kier alpha value is -2.48. The van der Waals surface area contributed by atoms with Gasteiger partial charge in [-0.15, -0.1) is 0 Å². The fourth-order valence-corrected chi connectivity index (χ4v) is 4.39. The molecule has 0 radical (unpaired) electrons. The number of hydrogen-bond acceptors (Lipinski definition) is 4. The number of aliphatic imine (C=N–C) groups is 1. The van der Waals surface area contributed by atoms with Crippen LogP contribution in [-0.4, -0.2) is 55.5 Å². The van der Waals surface area contributed by atoms with Gasteiger partial charge in [0.05, 0.1) is 25.1 Å². The number of carbonyl (C=O) groups is 1. The highest BCUT2D eigenvalue weighted by atomic mass is 35.5. The zero-order valence-corrected chi connectivity index (χ0v) is 18.2. The van der Waals surface area contributed by atoms with Crippen molar-refractivity contribution in [2.24, 2.45) is 4.99 Å². The number of rotatable bonds is 5. The van der Waals surface area contributed by atoms with Crippen LogP contribution in [0.4, 0.5) is 10.1 Å². The summed E-state index contributed by atoms with van der Waals surface area (Å²) in [6, 6.07) is 12.6. The summed E-state index contributed by atoms with van der Waals surface area (Å²) in [7, 11) is 1.65. The van der Waals surface area contributed by atoms with Crippen LogP contribution in [0.3, 0.4) is 0 Å². The van der Waals surface area contributed by atoms with Gasteiger partial charge in [0, 0.05) is 43.0 Å². The minimum absolute atomic E-state index is 0.0641. The maximum atomic E-state index is 14.2. The van der Waals surface area contributed by atoms with Gasteiger partial charge in [-0.05, 0) is 30.2 Å². The standard InChI is InChI=1S/C23H26ClFN4O2/c1-31-12-10-26-22-23(27-14-16-5-2-3-8-20(16)28-22)9-11-29(15-23)21(30)13-17-18(24)6-4-7-19(17)25/h2-8,27H,9-15H2,1H3,(H,26,28). The van der Waals surface area contributed by atoms with Crippen LogP contribution in [0, 0.1) is 5.82 Å². The van der Waals surface area contributed by atoms with Crippen molar-refractivity contribution in [2.75, 3.05) is 38.7 Å². The first-order valence-electron chi connectivity index (χ1n) is 10.4. The molecule has 1 amide bonds. The second-order valence-electron chi connectivity index (χ2n) is 7.88. The van der Waals surface area contributed by atoms with Crippen LogP contribution in [-0.2, 0) is 22.5 Å². The Morgan fingerprint density at radius 1 is 1.29 bits per heavy atom. The van der Waals surface area contributed by atoms with Crippen LogP contribution < -0.4 is 10.6 Å². The normalized spacial score (nSPS) is 21.8. The second-order valence-corrected chi connectivity index (χ2v) is 8.29. The molecule has 1 spiro atoms. The Bertz CT molecular complexity index is 979. The van der Waals surface area contributed by atoms with E-state index in [1.807, 2.05) is 18.2 Å². The maximum absolute atomic E-state index is 14.2. The third-order valence-electron chi connectivity index (χ3n) is 5.92. The van der Waals surface area contributed by atoms with E-state index in [1.54, 1.807) is 18.1 Å². The molecule has 2 aliphatic heterocycles. The van der Waals surface area contributed by atoms with E-state index >= 15 is 0 Å². The van der Waals surface area contributed by atoms with Crippen LogP contribution in [0.15, 0.2) is 47.5 Å². The van der Waals surface area contributed by atoms with Crippen molar-refractivity contribution in [3.63, 3.8) is 0 Å². The van der Waals surface area contributed by atoms with Crippen LogP contribution in [0.5, 0.6) is 0 Å². The molecule has 0 saturated carbocycles. The monoisotopic (exact) mass is 444 g/mol. The summed E-state index contributed by atoms with van der Waals surface area (Å²) in [5.41, 5.74) is 1.89. The molecule has 2 aromatic rings. The van der Waals surface area contributed by atoms with Gasteiger partial charge in [-0.3, -0.25) is 15.1 Å². The SMILES string of the molecule is COCCN=C1Nc2ccccc2CNC12CCN(C(=O)Cc1c(F)cccc1Cl)C2. The smallest absolute Gasteiger partial charge is 0.227 e. The first kappa shape index (κ1) is 21.7. The number of anilines is 1. The van der Waals surface area contributed by atoms with E-state index in [0.29, 0.717) is 39.2 Å². The highest BCUT2D eigenvalue weighted by Crippen LogP contribution is 2.30. The number of halogens is 2. The highest BCUT2D eigenvalue weighted by molar-refractivity contribution is 6.31. The summed E-state index contributed by atoms with van der Waals surface area (Å²) >= 11 is 6.13. The van der Waals surface area contributed by atoms with E-state index in [1.165, 1.54) is 12.1 Å². The molecule has 1 atom stereocenters. The molecule has 0 aromatic heterocycles. The molecule has 2 aromatic carbocycles. The average molecular weight is 445 g/mol. The molecule has 31 heavy (non-hydrogen) atoms. The van der Waals surface area contributed by atoms with Gasteiger partial charge in [-0.2, -0.15) is 0 Å². The molecule has 2 N–H and O–H groups in total. The number of methoxy groups -OCH3 is 1. The Morgan fingerprint density at radius 3 is 2.94 bits per heavy atom. The largest absolute Gasteiger partial charge is 0.383 e. The number of likely N-dealkylation sites (tertiary alicyclic amines) is 1. The number of ether oxygens (including phenoxy) is 1. The number of hydrogen-bond donors (Lipinski definition) is 2. The highest BCUT2D eigenvalue weighted by Gasteiger charge is 2.45. The summed E-state index contributed by atoms with van der Waals surface area (Å²) in [6.45, 7) is 2.69. The minimum atomic E-state index is -0.499. The molecular weight excluding hydrogens is 419 g/mol. The molecule has 4 rings (SSSR count). The first-order valence-corrected chi connectivity index (χ1v) is 10.7. The quantitative estimate of drug-likeness (QED) is 0.695. The number of nitrogens with one attached hydrogen (secondary N) is 2. The van der Waals surface area contributed by atoms with Gasteiger partial charge in [0.25, 0.3) is 0 Å². The molecule has 0 aliphatic carbocycles. The molecule has 2 heterocycles. The van der Waals surface area contributed by atoms with Crippen molar-refractivity contribution in [1.82, 2.24) is 10.2 Å². The van der Waals surface area contributed by atoms with E-state index < -0.39 is 11.4 Å². The van der Waals surface area contributed by atoms with Gasteiger partial charge in [-0.1, -0.05) is 35.9 Å². The van der Waals surface area contributed by atoms with Crippen molar-refractivity contribution in [3.05, 3.63) is 64.4 Å². The molecule has 164 valence electrons. The summed E-state index contributed by atoms with van der Waals surface area (Å²) < 4.78 is 19.3. The molecule has 0 bridgehead atoms. The number of benzene rings is 2. The van der Waals surface area contributed by atoms with E-state index in [2.05, 4.69) is 16.7 Å².